The van der Waals surface area contributed by atoms with Crippen molar-refractivity contribution in [1.82, 2.24) is 0 Å². The summed E-state index contributed by atoms with van der Waals surface area (Å²) in [5.41, 5.74) is -0.338. The molecule has 0 aromatic carbocycles. The Morgan fingerprint density at radius 1 is 1.25 bits per heavy atom. The van der Waals surface area contributed by atoms with E-state index in [-0.39, 0.29) is 12.0 Å². The maximum Gasteiger partial charge on any atom is 0.330 e. The summed E-state index contributed by atoms with van der Waals surface area (Å²) in [5.74, 6) is 0. The van der Waals surface area contributed by atoms with Crippen LogP contribution in [0.15, 0.2) is 0 Å². The van der Waals surface area contributed by atoms with Gasteiger partial charge >= 0.3 is 7.60 Å². The van der Waals surface area contributed by atoms with Crippen molar-refractivity contribution in [3.63, 3.8) is 0 Å². The van der Waals surface area contributed by atoms with Gasteiger partial charge < -0.3 is 14.2 Å². The van der Waals surface area contributed by atoms with Crippen LogP contribution in [0.1, 0.15) is 39.5 Å². The molecule has 0 atom stereocenters. The molecule has 16 heavy (non-hydrogen) atoms. The van der Waals surface area contributed by atoms with Gasteiger partial charge in [0.25, 0.3) is 0 Å². The zero-order valence-corrected chi connectivity index (χ0v) is 11.2. The SMILES string of the molecule is CCCCP1(=O)OCC(CO)(CCC)CO1. The normalized spacial score (nSPS) is 35.2. The van der Waals surface area contributed by atoms with Crippen LogP contribution in [0.25, 0.3) is 0 Å². The largest absolute Gasteiger partial charge is 0.396 e. The highest BCUT2D eigenvalue weighted by molar-refractivity contribution is 7.53. The van der Waals surface area contributed by atoms with Gasteiger partial charge in [0.05, 0.1) is 26.0 Å². The first-order valence-electron chi connectivity index (χ1n) is 6.09. The van der Waals surface area contributed by atoms with Gasteiger partial charge in [-0.25, -0.2) is 0 Å². The Bertz CT molecular complexity index is 242. The van der Waals surface area contributed by atoms with E-state index in [9.17, 15) is 9.67 Å². The molecule has 1 saturated heterocycles. The summed E-state index contributed by atoms with van der Waals surface area (Å²) in [5, 5.41) is 9.37. The molecule has 0 spiro atoms. The van der Waals surface area contributed by atoms with Gasteiger partial charge in [0, 0.05) is 5.41 Å². The van der Waals surface area contributed by atoms with Gasteiger partial charge in [0.2, 0.25) is 0 Å². The first kappa shape index (κ1) is 14.2. The van der Waals surface area contributed by atoms with Gasteiger partial charge in [-0.05, 0) is 12.8 Å². The molecule has 4 nitrogen and oxygen atoms in total. The van der Waals surface area contributed by atoms with Gasteiger partial charge in [0.15, 0.2) is 0 Å². The Hall–Kier alpha value is 0.110. The van der Waals surface area contributed by atoms with Gasteiger partial charge in [-0.1, -0.05) is 26.7 Å². The Kier molecular flexibility index (Phi) is 5.45. The highest BCUT2D eigenvalue weighted by Crippen LogP contribution is 2.54. The molecule has 1 rings (SSSR count). The Labute approximate surface area is 97.9 Å². The van der Waals surface area contributed by atoms with E-state index in [1.165, 1.54) is 0 Å². The average molecular weight is 250 g/mol. The Balaban J connectivity index is 2.51. The van der Waals surface area contributed by atoms with Crippen molar-refractivity contribution in [2.45, 2.75) is 39.5 Å². The molecule has 0 aromatic heterocycles. The second-order valence-corrected chi connectivity index (χ2v) is 6.83. The molecule has 0 saturated carbocycles. The number of hydrogen-bond donors (Lipinski definition) is 1. The third-order valence-corrected chi connectivity index (χ3v) is 4.95. The fraction of sp³-hybridized carbons (Fsp3) is 1.00. The molecule has 0 unspecified atom stereocenters. The highest BCUT2D eigenvalue weighted by atomic mass is 31.2. The first-order chi connectivity index (χ1) is 7.60. The van der Waals surface area contributed by atoms with E-state index >= 15 is 0 Å². The number of aliphatic hydroxyl groups is 1. The summed E-state index contributed by atoms with van der Waals surface area (Å²) >= 11 is 0. The fourth-order valence-electron chi connectivity index (χ4n) is 1.88. The van der Waals surface area contributed by atoms with Crippen molar-refractivity contribution in [3.8, 4) is 0 Å². The van der Waals surface area contributed by atoms with Crippen LogP contribution in [-0.2, 0) is 13.6 Å². The molecule has 1 aliphatic rings. The summed E-state index contributed by atoms with van der Waals surface area (Å²) in [6.45, 7) is 4.86. The molecular weight excluding hydrogens is 227 g/mol. The van der Waals surface area contributed by atoms with Crippen molar-refractivity contribution >= 4 is 7.60 Å². The standard InChI is InChI=1S/C11H23O4P/c1-3-5-7-16(13)14-9-11(8-12,6-4-2)10-15-16/h12H,3-10H2,1-2H3. The van der Waals surface area contributed by atoms with Crippen molar-refractivity contribution in [3.05, 3.63) is 0 Å². The van der Waals surface area contributed by atoms with E-state index in [2.05, 4.69) is 6.92 Å². The van der Waals surface area contributed by atoms with E-state index < -0.39 is 7.60 Å². The smallest absolute Gasteiger partial charge is 0.330 e. The van der Waals surface area contributed by atoms with Crippen molar-refractivity contribution < 1.29 is 18.7 Å². The fourth-order valence-corrected chi connectivity index (χ4v) is 3.85. The molecule has 1 heterocycles. The van der Waals surface area contributed by atoms with Crippen LogP contribution < -0.4 is 0 Å². The monoisotopic (exact) mass is 250 g/mol. The van der Waals surface area contributed by atoms with Crippen LogP contribution in [0.5, 0.6) is 0 Å². The van der Waals surface area contributed by atoms with E-state index in [4.69, 9.17) is 9.05 Å². The van der Waals surface area contributed by atoms with Crippen LogP contribution in [0, 0.1) is 5.41 Å². The van der Waals surface area contributed by atoms with E-state index in [0.717, 1.165) is 25.7 Å². The molecule has 1 aliphatic heterocycles. The zero-order valence-electron chi connectivity index (χ0n) is 10.3. The van der Waals surface area contributed by atoms with Crippen molar-refractivity contribution in [2.75, 3.05) is 26.0 Å². The molecule has 0 radical (unpaired) electrons. The molecule has 1 N–H and O–H groups in total. The number of rotatable bonds is 6. The van der Waals surface area contributed by atoms with Crippen LogP contribution >= 0.6 is 7.60 Å². The maximum absolute atomic E-state index is 12.1. The van der Waals surface area contributed by atoms with Gasteiger partial charge in [-0.15, -0.1) is 0 Å². The Morgan fingerprint density at radius 2 is 1.88 bits per heavy atom. The van der Waals surface area contributed by atoms with E-state index in [1.807, 2.05) is 6.92 Å². The van der Waals surface area contributed by atoms with Crippen molar-refractivity contribution in [1.29, 1.82) is 0 Å². The summed E-state index contributed by atoms with van der Waals surface area (Å²) < 4.78 is 22.9. The Morgan fingerprint density at radius 3 is 2.31 bits per heavy atom. The second kappa shape index (κ2) is 6.15. The predicted octanol–water partition coefficient (Wildman–Crippen LogP) is 2.81. The average Bonchev–Trinajstić information content (AvgIpc) is 2.31. The number of aliphatic hydroxyl groups excluding tert-OH is 1. The third-order valence-electron chi connectivity index (χ3n) is 3.04. The molecule has 0 aromatic rings. The number of hydrogen-bond acceptors (Lipinski definition) is 4. The lowest BCUT2D eigenvalue weighted by atomic mass is 9.86. The van der Waals surface area contributed by atoms with Crippen LogP contribution in [-0.4, -0.2) is 31.1 Å². The summed E-state index contributed by atoms with van der Waals surface area (Å²) in [7, 11) is -2.86. The van der Waals surface area contributed by atoms with Gasteiger partial charge in [-0.2, -0.15) is 0 Å². The summed E-state index contributed by atoms with van der Waals surface area (Å²) in [4.78, 5) is 0. The van der Waals surface area contributed by atoms with Gasteiger partial charge in [0.1, 0.15) is 0 Å². The zero-order chi connectivity index (χ0) is 12.1. The molecular formula is C11H23O4P. The molecule has 0 amide bonds. The molecule has 96 valence electrons. The van der Waals surface area contributed by atoms with E-state index in [1.54, 1.807) is 0 Å². The first-order valence-corrected chi connectivity index (χ1v) is 7.81. The lowest BCUT2D eigenvalue weighted by molar-refractivity contribution is -0.0260. The summed E-state index contributed by atoms with van der Waals surface area (Å²) in [6.07, 6.45) is 4.15. The highest BCUT2D eigenvalue weighted by Gasteiger charge is 2.40. The van der Waals surface area contributed by atoms with Crippen LogP contribution in [0.3, 0.4) is 0 Å². The molecule has 0 aliphatic carbocycles. The second-order valence-electron chi connectivity index (χ2n) is 4.64. The van der Waals surface area contributed by atoms with Gasteiger partial charge in [-0.3, -0.25) is 4.57 Å². The lowest BCUT2D eigenvalue weighted by Gasteiger charge is -2.38. The van der Waals surface area contributed by atoms with Crippen LogP contribution in [0.2, 0.25) is 0 Å². The third kappa shape index (κ3) is 3.56. The topological polar surface area (TPSA) is 55.8 Å². The minimum Gasteiger partial charge on any atom is -0.396 e. The summed E-state index contributed by atoms with van der Waals surface area (Å²) in [6, 6.07) is 0. The minimum atomic E-state index is -2.86. The maximum atomic E-state index is 12.1. The van der Waals surface area contributed by atoms with Crippen LogP contribution in [0.4, 0.5) is 0 Å². The predicted molar refractivity (Wildman–Crippen MR) is 63.7 cm³/mol. The molecule has 1 fully saturated rings. The number of unbranched alkanes of at least 4 members (excludes halogenated alkanes) is 1. The quantitative estimate of drug-likeness (QED) is 0.736. The molecule has 0 bridgehead atoms. The lowest BCUT2D eigenvalue weighted by Crippen LogP contribution is -2.39. The minimum absolute atomic E-state index is 0.0363. The van der Waals surface area contributed by atoms with E-state index in [0.29, 0.717) is 19.4 Å². The van der Waals surface area contributed by atoms with Crippen molar-refractivity contribution in [2.24, 2.45) is 5.41 Å². The molecule has 5 heteroatoms.